The highest BCUT2D eigenvalue weighted by Crippen LogP contribution is 2.26. The molecule has 0 bridgehead atoms. The Morgan fingerprint density at radius 1 is 1.11 bits per heavy atom. The minimum Gasteiger partial charge on any atom is -0.508 e. The second-order valence-electron chi connectivity index (χ2n) is 9.22. The molecule has 2 amide bonds. The van der Waals surface area contributed by atoms with Crippen molar-refractivity contribution in [2.45, 2.75) is 39.4 Å². The quantitative estimate of drug-likeness (QED) is 0.309. The summed E-state index contributed by atoms with van der Waals surface area (Å²) in [4.78, 5) is 29.7. The highest BCUT2D eigenvalue weighted by molar-refractivity contribution is 5.88. The van der Waals surface area contributed by atoms with Gasteiger partial charge in [-0.1, -0.05) is 26.0 Å². The molecule has 0 aliphatic carbocycles. The van der Waals surface area contributed by atoms with Crippen LogP contribution in [0.5, 0.6) is 5.75 Å². The maximum atomic E-state index is 13.7. The molecule has 0 aliphatic rings. The summed E-state index contributed by atoms with van der Waals surface area (Å²) in [6, 6.07) is 14.1. The summed E-state index contributed by atoms with van der Waals surface area (Å²) in [6.45, 7) is 4.26. The fourth-order valence-electron chi connectivity index (χ4n) is 3.84. The number of aromatic nitrogens is 4. The van der Waals surface area contributed by atoms with Crippen LogP contribution in [-0.2, 0) is 22.7 Å². The van der Waals surface area contributed by atoms with Crippen molar-refractivity contribution in [3.63, 3.8) is 0 Å². The number of nitrogens with one attached hydrogen (secondary N) is 1. The zero-order valence-corrected chi connectivity index (χ0v) is 21.1. The second-order valence-corrected chi connectivity index (χ2v) is 9.22. The van der Waals surface area contributed by atoms with Crippen molar-refractivity contribution in [3.8, 4) is 17.1 Å². The van der Waals surface area contributed by atoms with E-state index in [-0.39, 0.29) is 30.6 Å². The third-order valence-corrected chi connectivity index (χ3v) is 5.85. The molecule has 10 nitrogen and oxygen atoms in total. The normalized spacial score (nSPS) is 11.9. The van der Waals surface area contributed by atoms with Gasteiger partial charge in [-0.25, -0.2) is 4.39 Å². The molecule has 0 aliphatic heterocycles. The summed E-state index contributed by atoms with van der Waals surface area (Å²) in [5.74, 6) is -0.0746. The van der Waals surface area contributed by atoms with Crippen LogP contribution in [0.2, 0.25) is 0 Å². The third kappa shape index (κ3) is 6.81. The van der Waals surface area contributed by atoms with E-state index in [9.17, 15) is 19.1 Å². The van der Waals surface area contributed by atoms with Crippen LogP contribution >= 0.6 is 0 Å². The monoisotopic (exact) mass is 520 g/mol. The molecule has 38 heavy (non-hydrogen) atoms. The number of tetrazole rings is 1. The summed E-state index contributed by atoms with van der Waals surface area (Å²) < 4.78 is 18.8. The molecule has 4 aromatic rings. The second kappa shape index (κ2) is 12.1. The Labute approximate surface area is 219 Å². The van der Waals surface area contributed by atoms with Crippen molar-refractivity contribution in [3.05, 3.63) is 84.1 Å². The van der Waals surface area contributed by atoms with E-state index >= 15 is 0 Å². The van der Waals surface area contributed by atoms with E-state index in [0.29, 0.717) is 29.3 Å². The van der Waals surface area contributed by atoms with Gasteiger partial charge in [0.25, 0.3) is 0 Å². The Hall–Kier alpha value is -4.54. The van der Waals surface area contributed by atoms with Crippen LogP contribution in [0.1, 0.15) is 37.6 Å². The Morgan fingerprint density at radius 3 is 2.50 bits per heavy atom. The molecular formula is C27H29FN6O4. The van der Waals surface area contributed by atoms with E-state index in [1.807, 2.05) is 0 Å². The minimum absolute atomic E-state index is 0.00843. The molecule has 4 rings (SSSR count). The van der Waals surface area contributed by atoms with Gasteiger partial charge in [-0.15, -0.1) is 10.2 Å². The summed E-state index contributed by atoms with van der Waals surface area (Å²) in [7, 11) is 0. The number of carbonyl (C=O) groups excluding carboxylic acids is 2. The van der Waals surface area contributed by atoms with Crippen LogP contribution in [0.15, 0.2) is 71.3 Å². The first-order valence-electron chi connectivity index (χ1n) is 12.2. The molecule has 0 radical (unpaired) electrons. The van der Waals surface area contributed by atoms with Crippen molar-refractivity contribution < 1.29 is 23.5 Å². The first kappa shape index (κ1) is 26.5. The lowest BCUT2D eigenvalue weighted by Gasteiger charge is -2.30. The maximum Gasteiger partial charge on any atom is 0.247 e. The predicted octanol–water partition coefficient (Wildman–Crippen LogP) is 3.71. The summed E-state index contributed by atoms with van der Waals surface area (Å²) in [5, 5.41) is 24.9. The number of amides is 2. The molecule has 2 N–H and O–H groups in total. The maximum absolute atomic E-state index is 13.7. The van der Waals surface area contributed by atoms with Gasteiger partial charge >= 0.3 is 0 Å². The van der Waals surface area contributed by atoms with Crippen molar-refractivity contribution in [2.75, 3.05) is 6.54 Å². The zero-order chi connectivity index (χ0) is 27.1. The fourth-order valence-corrected chi connectivity index (χ4v) is 3.84. The smallest absolute Gasteiger partial charge is 0.247 e. The Bertz CT molecular complexity index is 1340. The number of furan rings is 1. The third-order valence-electron chi connectivity index (χ3n) is 5.85. The number of phenols is 1. The van der Waals surface area contributed by atoms with Crippen molar-refractivity contribution >= 4 is 11.8 Å². The average Bonchev–Trinajstić information content (AvgIpc) is 3.57. The van der Waals surface area contributed by atoms with Crippen LogP contribution in [-0.4, -0.2) is 48.6 Å². The van der Waals surface area contributed by atoms with Crippen molar-refractivity contribution in [1.29, 1.82) is 0 Å². The Balaban J connectivity index is 1.62. The molecule has 2 heterocycles. The van der Waals surface area contributed by atoms with Crippen LogP contribution < -0.4 is 5.32 Å². The van der Waals surface area contributed by atoms with Crippen LogP contribution in [0.4, 0.5) is 4.39 Å². The first-order chi connectivity index (χ1) is 18.3. The minimum atomic E-state index is -1.01. The lowest BCUT2D eigenvalue weighted by atomic mass is 10.0. The lowest BCUT2D eigenvalue weighted by Crippen LogP contribution is -2.45. The van der Waals surface area contributed by atoms with E-state index in [0.717, 1.165) is 11.2 Å². The molecule has 0 saturated heterocycles. The number of carbonyl (C=O) groups is 2. The topological polar surface area (TPSA) is 126 Å². The van der Waals surface area contributed by atoms with E-state index in [2.05, 4.69) is 34.6 Å². The fraction of sp³-hybridized carbons (Fsp3) is 0.296. The van der Waals surface area contributed by atoms with E-state index < -0.39 is 17.8 Å². The number of phenolic OH excluding ortho intramolecular Hbond substituents is 1. The number of aromatic hydroxyl groups is 1. The van der Waals surface area contributed by atoms with Gasteiger partial charge in [0.1, 0.15) is 29.9 Å². The Morgan fingerprint density at radius 2 is 1.84 bits per heavy atom. The molecular weight excluding hydrogens is 491 g/mol. The molecule has 1 unspecified atom stereocenters. The zero-order valence-electron chi connectivity index (χ0n) is 21.1. The molecule has 0 spiro atoms. The number of hydrogen-bond acceptors (Lipinski definition) is 7. The molecule has 0 fully saturated rings. The van der Waals surface area contributed by atoms with Gasteiger partial charge in [-0.3, -0.25) is 9.59 Å². The number of rotatable bonds is 11. The van der Waals surface area contributed by atoms with Gasteiger partial charge < -0.3 is 19.7 Å². The summed E-state index contributed by atoms with van der Waals surface area (Å²) >= 11 is 0. The van der Waals surface area contributed by atoms with E-state index in [4.69, 9.17) is 4.42 Å². The van der Waals surface area contributed by atoms with E-state index in [1.165, 1.54) is 47.6 Å². The molecule has 198 valence electrons. The lowest BCUT2D eigenvalue weighted by molar-refractivity contribution is -0.142. The molecule has 0 saturated carbocycles. The number of hydrogen-bond donors (Lipinski definition) is 2. The van der Waals surface area contributed by atoms with Gasteiger partial charge in [0.05, 0.1) is 12.8 Å². The molecule has 11 heteroatoms. The number of nitrogens with zero attached hydrogens (tertiary/aromatic N) is 5. The highest BCUT2D eigenvalue weighted by atomic mass is 19.1. The van der Waals surface area contributed by atoms with Crippen molar-refractivity contribution in [2.24, 2.45) is 5.92 Å². The van der Waals surface area contributed by atoms with Gasteiger partial charge in [0.2, 0.25) is 17.6 Å². The number of halogens is 1. The molecule has 2 aromatic heterocycles. The molecule has 2 aromatic carbocycles. The largest absolute Gasteiger partial charge is 0.508 e. The van der Waals surface area contributed by atoms with Crippen molar-refractivity contribution in [1.82, 2.24) is 30.4 Å². The molecule has 1 atom stereocenters. The summed E-state index contributed by atoms with van der Waals surface area (Å²) in [6.07, 6.45) is 2.26. The van der Waals surface area contributed by atoms with Gasteiger partial charge in [-0.2, -0.15) is 4.80 Å². The average molecular weight is 521 g/mol. The Kier molecular flexibility index (Phi) is 8.47. The number of benzene rings is 2. The predicted molar refractivity (Wildman–Crippen MR) is 136 cm³/mol. The van der Waals surface area contributed by atoms with Gasteiger partial charge in [0.15, 0.2) is 0 Å². The van der Waals surface area contributed by atoms with Crippen LogP contribution in [0, 0.1) is 11.7 Å². The first-order valence-corrected chi connectivity index (χ1v) is 12.2. The van der Waals surface area contributed by atoms with Gasteiger partial charge in [-0.05, 0) is 71.6 Å². The van der Waals surface area contributed by atoms with Crippen LogP contribution in [0.25, 0.3) is 11.4 Å². The SMILES string of the molecule is CC(C)CCNC(=O)C(c1ccc(O)cc1)N(Cc1ccco1)C(=O)Cn1nnc(-c2ccc(F)cc2)n1. The standard InChI is InChI=1S/C27H29FN6O4/c1-18(2)13-14-29-27(37)25(19-7-11-22(35)12-8-19)33(16-23-4-3-15-38-23)24(36)17-34-31-26(30-32-34)20-5-9-21(28)10-6-20/h3-12,15,18,25,35H,13-14,16-17H2,1-2H3,(H,29,37). The van der Waals surface area contributed by atoms with E-state index in [1.54, 1.807) is 24.3 Å². The van der Waals surface area contributed by atoms with Crippen LogP contribution in [0.3, 0.4) is 0 Å². The highest BCUT2D eigenvalue weighted by Gasteiger charge is 2.32. The van der Waals surface area contributed by atoms with Gasteiger partial charge in [0, 0.05) is 12.1 Å². The summed E-state index contributed by atoms with van der Waals surface area (Å²) in [5.41, 5.74) is 1.06.